The van der Waals surface area contributed by atoms with E-state index in [1.54, 1.807) is 11.9 Å². The Kier molecular flexibility index (Phi) is 4.00. The Morgan fingerprint density at radius 2 is 2.00 bits per heavy atom. The quantitative estimate of drug-likeness (QED) is 0.849. The highest BCUT2D eigenvalue weighted by Crippen LogP contribution is 2.28. The number of benzene rings is 1. The van der Waals surface area contributed by atoms with Gasteiger partial charge in [0, 0.05) is 50.6 Å². The van der Waals surface area contributed by atoms with Crippen LogP contribution in [0.5, 0.6) is 0 Å². The molecule has 1 aromatic carbocycles. The van der Waals surface area contributed by atoms with E-state index in [9.17, 15) is 9.59 Å². The van der Waals surface area contributed by atoms with Crippen molar-refractivity contribution >= 4 is 22.8 Å². The number of amides is 2. The summed E-state index contributed by atoms with van der Waals surface area (Å²) in [4.78, 5) is 30.2. The van der Waals surface area contributed by atoms with Gasteiger partial charge < -0.3 is 14.2 Å². The van der Waals surface area contributed by atoms with Gasteiger partial charge in [0.2, 0.25) is 11.8 Å². The fourth-order valence-corrected chi connectivity index (χ4v) is 3.95. The van der Waals surface area contributed by atoms with Gasteiger partial charge in [0.15, 0.2) is 0 Å². The van der Waals surface area contributed by atoms with E-state index in [0.717, 1.165) is 36.2 Å². The van der Waals surface area contributed by atoms with Crippen LogP contribution in [0.25, 0.3) is 11.0 Å². The molecule has 1 atom stereocenters. The predicted octanol–water partition coefficient (Wildman–Crippen LogP) is 1.48. The van der Waals surface area contributed by atoms with E-state index in [2.05, 4.69) is 17.9 Å². The summed E-state index contributed by atoms with van der Waals surface area (Å²) < 4.78 is 5.99. The Balaban J connectivity index is 1.58. The first-order chi connectivity index (χ1) is 12.1. The largest absolute Gasteiger partial charge is 0.461 e. The maximum absolute atomic E-state index is 12.5. The lowest BCUT2D eigenvalue weighted by Crippen LogP contribution is -2.65. The molecule has 0 spiro atoms. The van der Waals surface area contributed by atoms with Crippen LogP contribution in [0.3, 0.4) is 0 Å². The molecule has 2 fully saturated rings. The summed E-state index contributed by atoms with van der Waals surface area (Å²) in [5.74, 6) is 1.10. The molecule has 0 bridgehead atoms. The molecule has 2 aromatic rings. The minimum absolute atomic E-state index is 0.0390. The first-order valence-electron chi connectivity index (χ1n) is 8.84. The molecule has 6 nitrogen and oxygen atoms in total. The van der Waals surface area contributed by atoms with Gasteiger partial charge in [0.25, 0.3) is 0 Å². The second-order valence-electron chi connectivity index (χ2n) is 6.89. The minimum Gasteiger partial charge on any atom is -0.461 e. The number of para-hydroxylation sites is 1. The highest BCUT2D eigenvalue weighted by molar-refractivity contribution is 5.95. The van der Waals surface area contributed by atoms with Gasteiger partial charge in [-0.3, -0.25) is 14.5 Å². The standard InChI is InChI=1S/C19H23N3O3/c1-3-16-14(13-6-4-5-7-17(13)25-16)10-21-8-9-22-15(11-21)19(24)20(2)12-18(22)23/h4-7,15H,3,8-12H2,1-2H3. The lowest BCUT2D eigenvalue weighted by molar-refractivity contribution is -0.158. The van der Waals surface area contributed by atoms with E-state index < -0.39 is 0 Å². The molecule has 25 heavy (non-hydrogen) atoms. The number of piperazine rings is 2. The SMILES string of the molecule is CCc1oc2ccccc2c1CN1CCN2C(=O)CN(C)C(=O)C2C1. The Bertz CT molecular complexity index is 828. The van der Waals surface area contributed by atoms with Crippen LogP contribution in [0.4, 0.5) is 0 Å². The van der Waals surface area contributed by atoms with Crippen molar-refractivity contribution in [3.8, 4) is 0 Å². The van der Waals surface area contributed by atoms with Gasteiger partial charge >= 0.3 is 0 Å². The molecule has 2 aliphatic rings. The summed E-state index contributed by atoms with van der Waals surface area (Å²) in [7, 11) is 1.70. The summed E-state index contributed by atoms with van der Waals surface area (Å²) >= 11 is 0. The second kappa shape index (κ2) is 6.19. The predicted molar refractivity (Wildman–Crippen MR) is 94.0 cm³/mol. The summed E-state index contributed by atoms with van der Waals surface area (Å²) in [5.41, 5.74) is 2.12. The molecule has 1 aromatic heterocycles. The Morgan fingerprint density at radius 3 is 2.80 bits per heavy atom. The van der Waals surface area contributed by atoms with Crippen molar-refractivity contribution in [3.05, 3.63) is 35.6 Å². The van der Waals surface area contributed by atoms with Crippen LogP contribution in [-0.4, -0.2) is 65.8 Å². The summed E-state index contributed by atoms with van der Waals surface area (Å²) in [6, 6.07) is 7.73. The lowest BCUT2D eigenvalue weighted by Gasteiger charge is -2.45. The van der Waals surface area contributed by atoms with Crippen molar-refractivity contribution in [2.75, 3.05) is 33.2 Å². The molecule has 2 saturated heterocycles. The van der Waals surface area contributed by atoms with E-state index >= 15 is 0 Å². The average molecular weight is 341 g/mol. The van der Waals surface area contributed by atoms with Crippen molar-refractivity contribution in [2.24, 2.45) is 0 Å². The third-order valence-corrected chi connectivity index (χ3v) is 5.30. The molecule has 6 heteroatoms. The maximum atomic E-state index is 12.5. The van der Waals surface area contributed by atoms with Crippen LogP contribution in [0.15, 0.2) is 28.7 Å². The van der Waals surface area contributed by atoms with Gasteiger partial charge in [-0.1, -0.05) is 25.1 Å². The molecule has 132 valence electrons. The molecular formula is C19H23N3O3. The van der Waals surface area contributed by atoms with Crippen LogP contribution in [0.2, 0.25) is 0 Å². The zero-order chi connectivity index (χ0) is 17.6. The van der Waals surface area contributed by atoms with E-state index in [4.69, 9.17) is 4.42 Å². The van der Waals surface area contributed by atoms with Crippen LogP contribution >= 0.6 is 0 Å². The number of aryl methyl sites for hydroxylation is 1. The number of nitrogens with zero attached hydrogens (tertiary/aromatic N) is 3. The average Bonchev–Trinajstić information content (AvgIpc) is 2.97. The first-order valence-corrected chi connectivity index (χ1v) is 8.84. The highest BCUT2D eigenvalue weighted by Gasteiger charge is 2.41. The van der Waals surface area contributed by atoms with Gasteiger partial charge in [-0.2, -0.15) is 0 Å². The van der Waals surface area contributed by atoms with Crippen LogP contribution in [0, 0.1) is 0 Å². The van der Waals surface area contributed by atoms with Gasteiger partial charge in [-0.15, -0.1) is 0 Å². The second-order valence-corrected chi connectivity index (χ2v) is 6.89. The fourth-order valence-electron chi connectivity index (χ4n) is 3.95. The lowest BCUT2D eigenvalue weighted by atomic mass is 10.0. The number of hydrogen-bond donors (Lipinski definition) is 0. The Morgan fingerprint density at radius 1 is 1.20 bits per heavy atom. The van der Waals surface area contributed by atoms with Crippen molar-refractivity contribution < 1.29 is 14.0 Å². The number of likely N-dealkylation sites (N-methyl/N-ethyl adjacent to an activating group) is 1. The van der Waals surface area contributed by atoms with Crippen molar-refractivity contribution in [1.82, 2.24) is 14.7 Å². The van der Waals surface area contributed by atoms with Crippen molar-refractivity contribution in [1.29, 1.82) is 0 Å². The first kappa shape index (κ1) is 16.1. The zero-order valence-corrected chi connectivity index (χ0v) is 14.7. The minimum atomic E-state index is -0.358. The third kappa shape index (κ3) is 2.70. The molecule has 0 radical (unpaired) electrons. The molecule has 0 N–H and O–H groups in total. The monoisotopic (exact) mass is 341 g/mol. The van der Waals surface area contributed by atoms with Gasteiger partial charge in [0.05, 0.1) is 6.54 Å². The summed E-state index contributed by atoms with van der Waals surface area (Å²) in [6.07, 6.45) is 0.841. The smallest absolute Gasteiger partial charge is 0.246 e. The molecule has 0 aliphatic carbocycles. The highest BCUT2D eigenvalue weighted by atomic mass is 16.3. The van der Waals surface area contributed by atoms with E-state index in [0.29, 0.717) is 13.1 Å². The molecule has 0 saturated carbocycles. The Hall–Kier alpha value is -2.34. The van der Waals surface area contributed by atoms with E-state index in [-0.39, 0.29) is 24.4 Å². The number of carbonyl (C=O) groups is 2. The normalized spacial score (nSPS) is 21.9. The van der Waals surface area contributed by atoms with E-state index in [1.165, 1.54) is 10.5 Å². The zero-order valence-electron chi connectivity index (χ0n) is 14.7. The molecule has 2 amide bonds. The van der Waals surface area contributed by atoms with Crippen LogP contribution in [0.1, 0.15) is 18.2 Å². The fraction of sp³-hybridized carbons (Fsp3) is 0.474. The molecule has 1 unspecified atom stereocenters. The third-order valence-electron chi connectivity index (χ3n) is 5.30. The maximum Gasteiger partial charge on any atom is 0.246 e. The van der Waals surface area contributed by atoms with Crippen molar-refractivity contribution in [3.63, 3.8) is 0 Å². The van der Waals surface area contributed by atoms with Gasteiger partial charge in [-0.05, 0) is 6.07 Å². The van der Waals surface area contributed by atoms with Gasteiger partial charge in [-0.25, -0.2) is 0 Å². The number of hydrogen-bond acceptors (Lipinski definition) is 4. The van der Waals surface area contributed by atoms with E-state index in [1.807, 2.05) is 18.2 Å². The molecule has 4 rings (SSSR count). The number of rotatable bonds is 3. The number of furan rings is 1. The molecule has 2 aliphatic heterocycles. The van der Waals surface area contributed by atoms with Crippen LogP contribution < -0.4 is 0 Å². The topological polar surface area (TPSA) is 57.0 Å². The summed E-state index contributed by atoms with van der Waals surface area (Å²) in [6.45, 7) is 5.01. The Labute approximate surface area is 147 Å². The molecular weight excluding hydrogens is 318 g/mol. The van der Waals surface area contributed by atoms with Crippen LogP contribution in [-0.2, 0) is 22.6 Å². The number of carbonyl (C=O) groups excluding carboxylic acids is 2. The number of fused-ring (bicyclic) bond motifs is 2. The summed E-state index contributed by atoms with van der Waals surface area (Å²) in [5, 5.41) is 1.14. The molecule has 3 heterocycles. The van der Waals surface area contributed by atoms with Crippen molar-refractivity contribution in [2.45, 2.75) is 25.9 Å². The van der Waals surface area contributed by atoms with Gasteiger partial charge in [0.1, 0.15) is 17.4 Å².